The van der Waals surface area contributed by atoms with Gasteiger partial charge < -0.3 is 10.1 Å². The molecule has 0 radical (unpaired) electrons. The third-order valence-corrected chi connectivity index (χ3v) is 2.81. The van der Waals surface area contributed by atoms with Crippen molar-refractivity contribution in [3.8, 4) is 0 Å². The summed E-state index contributed by atoms with van der Waals surface area (Å²) in [5, 5.41) is 3.18. The molecule has 2 nitrogen and oxygen atoms in total. The number of rotatable bonds is 7. The SMILES string of the molecule is CCc1cccc(CC)c1NCCOCC(F)(F)F. The summed E-state index contributed by atoms with van der Waals surface area (Å²) in [6, 6.07) is 6.05. The summed E-state index contributed by atoms with van der Waals surface area (Å²) in [7, 11) is 0. The van der Waals surface area contributed by atoms with Crippen LogP contribution in [0.15, 0.2) is 18.2 Å². The molecular formula is C14H20F3NO. The topological polar surface area (TPSA) is 21.3 Å². The van der Waals surface area contributed by atoms with Crippen LogP contribution in [0.3, 0.4) is 0 Å². The number of alkyl halides is 3. The van der Waals surface area contributed by atoms with E-state index in [2.05, 4.69) is 23.9 Å². The zero-order chi connectivity index (χ0) is 14.3. The Hall–Kier alpha value is -1.23. The Balaban J connectivity index is 2.48. The minimum absolute atomic E-state index is 0.0424. The van der Waals surface area contributed by atoms with Gasteiger partial charge in [-0.3, -0.25) is 0 Å². The second-order valence-corrected chi connectivity index (χ2v) is 4.25. The van der Waals surface area contributed by atoms with E-state index in [1.807, 2.05) is 18.2 Å². The lowest BCUT2D eigenvalue weighted by Crippen LogP contribution is -2.20. The van der Waals surface area contributed by atoms with E-state index < -0.39 is 12.8 Å². The van der Waals surface area contributed by atoms with Crippen molar-refractivity contribution in [3.63, 3.8) is 0 Å². The van der Waals surface area contributed by atoms with Crippen molar-refractivity contribution in [2.45, 2.75) is 32.9 Å². The van der Waals surface area contributed by atoms with Crippen LogP contribution in [0.5, 0.6) is 0 Å². The maximum atomic E-state index is 11.9. The molecule has 0 fully saturated rings. The molecule has 0 aliphatic rings. The number of aryl methyl sites for hydroxylation is 2. The number of anilines is 1. The summed E-state index contributed by atoms with van der Waals surface area (Å²) in [6.45, 7) is 3.34. The second kappa shape index (κ2) is 7.38. The Kier molecular flexibility index (Phi) is 6.15. The molecule has 0 heterocycles. The molecule has 0 atom stereocenters. The molecule has 0 bridgehead atoms. The van der Waals surface area contributed by atoms with E-state index in [-0.39, 0.29) is 6.61 Å². The largest absolute Gasteiger partial charge is 0.411 e. The van der Waals surface area contributed by atoms with E-state index in [0.717, 1.165) is 18.5 Å². The monoisotopic (exact) mass is 275 g/mol. The van der Waals surface area contributed by atoms with E-state index in [0.29, 0.717) is 6.54 Å². The fourth-order valence-electron chi connectivity index (χ4n) is 1.91. The summed E-state index contributed by atoms with van der Waals surface area (Å²) < 4.78 is 40.3. The molecule has 0 unspecified atom stereocenters. The van der Waals surface area contributed by atoms with Gasteiger partial charge in [-0.15, -0.1) is 0 Å². The van der Waals surface area contributed by atoms with Gasteiger partial charge in [0.05, 0.1) is 6.61 Å². The summed E-state index contributed by atoms with van der Waals surface area (Å²) in [6.07, 6.45) is -2.48. The Morgan fingerprint density at radius 2 is 1.68 bits per heavy atom. The van der Waals surface area contributed by atoms with Crippen LogP contribution < -0.4 is 5.32 Å². The van der Waals surface area contributed by atoms with E-state index in [9.17, 15) is 13.2 Å². The Morgan fingerprint density at radius 3 is 2.16 bits per heavy atom. The number of ether oxygens (including phenoxy) is 1. The highest BCUT2D eigenvalue weighted by molar-refractivity contribution is 5.57. The molecule has 0 saturated carbocycles. The summed E-state index contributed by atoms with van der Waals surface area (Å²) >= 11 is 0. The minimum atomic E-state index is -4.25. The zero-order valence-corrected chi connectivity index (χ0v) is 11.3. The van der Waals surface area contributed by atoms with E-state index in [4.69, 9.17) is 0 Å². The highest BCUT2D eigenvalue weighted by Gasteiger charge is 2.27. The van der Waals surface area contributed by atoms with Gasteiger partial charge >= 0.3 is 6.18 Å². The molecule has 5 heteroatoms. The van der Waals surface area contributed by atoms with Gasteiger partial charge in [-0.25, -0.2) is 0 Å². The van der Waals surface area contributed by atoms with Crippen molar-refractivity contribution in [1.82, 2.24) is 0 Å². The van der Waals surface area contributed by atoms with Crippen LogP contribution in [0.25, 0.3) is 0 Å². The summed E-state index contributed by atoms with van der Waals surface area (Å²) in [4.78, 5) is 0. The average molecular weight is 275 g/mol. The van der Waals surface area contributed by atoms with Gasteiger partial charge in [0.15, 0.2) is 0 Å². The molecule has 1 aromatic rings. The van der Waals surface area contributed by atoms with Crippen molar-refractivity contribution in [2.75, 3.05) is 25.1 Å². The lowest BCUT2D eigenvalue weighted by atomic mass is 10.0. The first kappa shape index (κ1) is 15.8. The van der Waals surface area contributed by atoms with Gasteiger partial charge in [0.1, 0.15) is 6.61 Å². The van der Waals surface area contributed by atoms with Gasteiger partial charge in [0.2, 0.25) is 0 Å². The van der Waals surface area contributed by atoms with Crippen LogP contribution in [0.4, 0.5) is 18.9 Å². The van der Waals surface area contributed by atoms with Crippen LogP contribution in [0, 0.1) is 0 Å². The van der Waals surface area contributed by atoms with E-state index >= 15 is 0 Å². The lowest BCUT2D eigenvalue weighted by molar-refractivity contribution is -0.172. The number of halogens is 3. The predicted molar refractivity (Wildman–Crippen MR) is 70.6 cm³/mol. The van der Waals surface area contributed by atoms with Gasteiger partial charge in [0.25, 0.3) is 0 Å². The van der Waals surface area contributed by atoms with Crippen molar-refractivity contribution in [3.05, 3.63) is 29.3 Å². The first-order chi connectivity index (χ1) is 8.98. The molecule has 0 spiro atoms. The van der Waals surface area contributed by atoms with E-state index in [1.54, 1.807) is 0 Å². The van der Waals surface area contributed by atoms with Crippen molar-refractivity contribution in [1.29, 1.82) is 0 Å². The van der Waals surface area contributed by atoms with Crippen LogP contribution in [0.1, 0.15) is 25.0 Å². The number of para-hydroxylation sites is 1. The molecule has 0 amide bonds. The molecular weight excluding hydrogens is 255 g/mol. The molecule has 108 valence electrons. The number of benzene rings is 1. The minimum Gasteiger partial charge on any atom is -0.382 e. The van der Waals surface area contributed by atoms with Crippen molar-refractivity contribution < 1.29 is 17.9 Å². The smallest absolute Gasteiger partial charge is 0.382 e. The molecule has 1 rings (SSSR count). The third-order valence-electron chi connectivity index (χ3n) is 2.81. The lowest BCUT2D eigenvalue weighted by Gasteiger charge is -2.15. The number of nitrogens with one attached hydrogen (secondary N) is 1. The van der Waals surface area contributed by atoms with Gasteiger partial charge in [0, 0.05) is 12.2 Å². The van der Waals surface area contributed by atoms with Crippen LogP contribution in [-0.2, 0) is 17.6 Å². The predicted octanol–water partition coefficient (Wildman–Crippen LogP) is 3.80. The van der Waals surface area contributed by atoms with Crippen molar-refractivity contribution >= 4 is 5.69 Å². The Morgan fingerprint density at radius 1 is 1.11 bits per heavy atom. The number of hydrogen-bond acceptors (Lipinski definition) is 2. The standard InChI is InChI=1S/C14H20F3NO/c1-3-11-6-5-7-12(4-2)13(11)18-8-9-19-10-14(15,16)17/h5-7,18H,3-4,8-10H2,1-2H3. The maximum Gasteiger partial charge on any atom is 0.411 e. The highest BCUT2D eigenvalue weighted by Crippen LogP contribution is 2.22. The second-order valence-electron chi connectivity index (χ2n) is 4.25. The number of hydrogen-bond donors (Lipinski definition) is 1. The summed E-state index contributed by atoms with van der Waals surface area (Å²) in [5.74, 6) is 0. The molecule has 0 aromatic heterocycles. The quantitative estimate of drug-likeness (QED) is 0.764. The Bertz CT molecular complexity index is 369. The average Bonchev–Trinajstić information content (AvgIpc) is 2.36. The first-order valence-corrected chi connectivity index (χ1v) is 6.47. The normalized spacial score (nSPS) is 11.6. The molecule has 19 heavy (non-hydrogen) atoms. The fraction of sp³-hybridized carbons (Fsp3) is 0.571. The van der Waals surface area contributed by atoms with Crippen LogP contribution in [0.2, 0.25) is 0 Å². The highest BCUT2D eigenvalue weighted by atomic mass is 19.4. The molecule has 1 aromatic carbocycles. The van der Waals surface area contributed by atoms with Crippen LogP contribution >= 0.6 is 0 Å². The molecule has 0 aliphatic heterocycles. The van der Waals surface area contributed by atoms with Crippen LogP contribution in [-0.4, -0.2) is 25.9 Å². The molecule has 1 N–H and O–H groups in total. The zero-order valence-electron chi connectivity index (χ0n) is 11.3. The maximum absolute atomic E-state index is 11.9. The first-order valence-electron chi connectivity index (χ1n) is 6.47. The summed E-state index contributed by atoms with van der Waals surface area (Å²) in [5.41, 5.74) is 3.38. The van der Waals surface area contributed by atoms with Gasteiger partial charge in [-0.1, -0.05) is 32.0 Å². The molecule has 0 aliphatic carbocycles. The van der Waals surface area contributed by atoms with Gasteiger partial charge in [-0.05, 0) is 24.0 Å². The Labute approximate surface area is 112 Å². The third kappa shape index (κ3) is 5.51. The fourth-order valence-corrected chi connectivity index (χ4v) is 1.91. The molecule has 0 saturated heterocycles. The van der Waals surface area contributed by atoms with E-state index in [1.165, 1.54) is 11.1 Å². The van der Waals surface area contributed by atoms with Gasteiger partial charge in [-0.2, -0.15) is 13.2 Å². The van der Waals surface area contributed by atoms with Crippen molar-refractivity contribution in [2.24, 2.45) is 0 Å².